The van der Waals surface area contributed by atoms with E-state index in [1.54, 1.807) is 0 Å². The second-order valence-electron chi connectivity index (χ2n) is 5.04. The molecule has 1 fully saturated rings. The van der Waals surface area contributed by atoms with Crippen molar-refractivity contribution < 1.29 is 19.0 Å². The lowest BCUT2D eigenvalue weighted by Gasteiger charge is -2.10. The number of rotatable bonds is 3. The van der Waals surface area contributed by atoms with Crippen LogP contribution in [0.15, 0.2) is 18.2 Å². The van der Waals surface area contributed by atoms with Crippen molar-refractivity contribution in [2.45, 2.75) is 25.9 Å². The first-order chi connectivity index (χ1) is 10.1. The Morgan fingerprint density at radius 3 is 3.05 bits per heavy atom. The van der Waals surface area contributed by atoms with Gasteiger partial charge in [0.1, 0.15) is 5.82 Å². The summed E-state index contributed by atoms with van der Waals surface area (Å²) in [6.45, 7) is 2.28. The predicted octanol–water partition coefficient (Wildman–Crippen LogP) is 1.92. The number of carbonyl (C=O) groups is 1. The van der Waals surface area contributed by atoms with Gasteiger partial charge >= 0.3 is 0 Å². The van der Waals surface area contributed by atoms with Gasteiger partial charge in [-0.2, -0.15) is 0 Å². The first-order valence-electron chi connectivity index (χ1n) is 6.92. The Bertz CT molecular complexity index is 577. The maximum atomic E-state index is 13.6. The first kappa shape index (κ1) is 15.5. The topological polar surface area (TPSA) is 58.6 Å². The van der Waals surface area contributed by atoms with Crippen LogP contribution in [0, 0.1) is 23.6 Å². The molecule has 112 valence electrons. The van der Waals surface area contributed by atoms with Gasteiger partial charge in [-0.25, -0.2) is 4.39 Å². The van der Waals surface area contributed by atoms with Gasteiger partial charge in [0.2, 0.25) is 5.91 Å². The fourth-order valence-corrected chi connectivity index (χ4v) is 2.16. The fourth-order valence-electron chi connectivity index (χ4n) is 2.16. The van der Waals surface area contributed by atoms with Gasteiger partial charge in [0.25, 0.3) is 0 Å². The molecule has 0 aliphatic carbocycles. The van der Waals surface area contributed by atoms with Crippen LogP contribution in [0.2, 0.25) is 0 Å². The van der Waals surface area contributed by atoms with E-state index in [4.69, 9.17) is 9.84 Å². The Labute approximate surface area is 123 Å². The molecule has 2 atom stereocenters. The number of nitrogens with one attached hydrogen (secondary N) is 1. The fraction of sp³-hybridized carbons (Fsp3) is 0.438. The van der Waals surface area contributed by atoms with E-state index in [2.05, 4.69) is 17.2 Å². The van der Waals surface area contributed by atoms with Gasteiger partial charge in [0, 0.05) is 12.1 Å². The van der Waals surface area contributed by atoms with Crippen molar-refractivity contribution in [3.05, 3.63) is 29.6 Å². The maximum Gasteiger partial charge on any atom is 0.229 e. The average Bonchev–Trinajstić information content (AvgIpc) is 2.89. The van der Waals surface area contributed by atoms with E-state index in [0.717, 1.165) is 0 Å². The predicted molar refractivity (Wildman–Crippen MR) is 77.1 cm³/mol. The summed E-state index contributed by atoms with van der Waals surface area (Å²) >= 11 is 0. The molecule has 0 bridgehead atoms. The highest BCUT2D eigenvalue weighted by Crippen LogP contribution is 2.21. The molecule has 1 saturated heterocycles. The number of carbonyl (C=O) groups excluding carboxylic acids is 1. The van der Waals surface area contributed by atoms with E-state index in [1.165, 1.54) is 18.2 Å². The average molecular weight is 291 g/mol. The van der Waals surface area contributed by atoms with Crippen molar-refractivity contribution in [2.75, 3.05) is 18.5 Å². The summed E-state index contributed by atoms with van der Waals surface area (Å²) in [7, 11) is 0. The van der Waals surface area contributed by atoms with Crippen LogP contribution in [0.4, 0.5) is 10.1 Å². The summed E-state index contributed by atoms with van der Waals surface area (Å²) < 4.78 is 19.0. The van der Waals surface area contributed by atoms with Crippen LogP contribution < -0.4 is 5.32 Å². The van der Waals surface area contributed by atoms with Crippen LogP contribution in [0.5, 0.6) is 0 Å². The van der Waals surface area contributed by atoms with Gasteiger partial charge in [-0.3, -0.25) is 4.79 Å². The smallest absolute Gasteiger partial charge is 0.229 e. The molecule has 2 rings (SSSR count). The number of ether oxygens (including phenoxy) is 1. The molecule has 1 aromatic carbocycles. The van der Waals surface area contributed by atoms with Crippen molar-refractivity contribution in [1.82, 2.24) is 0 Å². The second kappa shape index (κ2) is 7.21. The van der Waals surface area contributed by atoms with Crippen LogP contribution in [0.25, 0.3) is 0 Å². The number of anilines is 1. The Morgan fingerprint density at radius 2 is 2.38 bits per heavy atom. The molecule has 2 N–H and O–H groups in total. The van der Waals surface area contributed by atoms with Crippen LogP contribution in [0.3, 0.4) is 0 Å². The van der Waals surface area contributed by atoms with Crippen LogP contribution in [-0.4, -0.2) is 30.3 Å². The minimum atomic E-state index is -0.448. The minimum absolute atomic E-state index is 0.0646. The van der Waals surface area contributed by atoms with E-state index in [1.807, 2.05) is 6.92 Å². The standard InChI is InChI=1S/C16H18FNO3/c1-11-8-13(10-21-11)16(20)18-14-5-6-15(17)12(9-14)4-2-3-7-19/h5-6,9,11,13,19H,3,7-8,10H2,1H3,(H,18,20). The third kappa shape index (κ3) is 4.28. The highest BCUT2D eigenvalue weighted by molar-refractivity contribution is 5.93. The molecule has 1 aromatic rings. The van der Waals surface area contributed by atoms with E-state index < -0.39 is 5.82 Å². The van der Waals surface area contributed by atoms with Crippen molar-refractivity contribution in [3.63, 3.8) is 0 Å². The molecule has 1 aliphatic heterocycles. The lowest BCUT2D eigenvalue weighted by atomic mass is 10.1. The Balaban J connectivity index is 2.05. The summed E-state index contributed by atoms with van der Waals surface area (Å²) in [5.74, 6) is 4.56. The minimum Gasteiger partial charge on any atom is -0.395 e. The Kier molecular flexibility index (Phi) is 5.32. The second-order valence-corrected chi connectivity index (χ2v) is 5.04. The number of halogens is 1. The molecular weight excluding hydrogens is 273 g/mol. The third-order valence-electron chi connectivity index (χ3n) is 3.26. The van der Waals surface area contributed by atoms with Gasteiger partial charge in [0.15, 0.2) is 0 Å². The SMILES string of the molecule is CC1CC(C(=O)Nc2ccc(F)c(C#CCCO)c2)CO1. The van der Waals surface area contributed by atoms with Crippen molar-refractivity contribution >= 4 is 11.6 Å². The normalized spacial score (nSPS) is 20.7. The molecule has 4 nitrogen and oxygen atoms in total. The van der Waals surface area contributed by atoms with Gasteiger partial charge < -0.3 is 15.2 Å². The number of hydrogen-bond acceptors (Lipinski definition) is 3. The summed E-state index contributed by atoms with van der Waals surface area (Å²) in [4.78, 5) is 12.1. The van der Waals surface area contributed by atoms with Crippen LogP contribution >= 0.6 is 0 Å². The van der Waals surface area contributed by atoms with Gasteiger partial charge in [-0.15, -0.1) is 0 Å². The van der Waals surface area contributed by atoms with E-state index in [-0.39, 0.29) is 36.5 Å². The highest BCUT2D eigenvalue weighted by atomic mass is 19.1. The van der Waals surface area contributed by atoms with Crippen LogP contribution in [0.1, 0.15) is 25.3 Å². The lowest BCUT2D eigenvalue weighted by molar-refractivity contribution is -0.119. The van der Waals surface area contributed by atoms with E-state index in [0.29, 0.717) is 18.7 Å². The molecule has 1 aliphatic rings. The van der Waals surface area contributed by atoms with Crippen molar-refractivity contribution in [3.8, 4) is 11.8 Å². The zero-order chi connectivity index (χ0) is 15.2. The van der Waals surface area contributed by atoms with Gasteiger partial charge in [-0.05, 0) is 31.5 Å². The van der Waals surface area contributed by atoms with Gasteiger partial charge in [-0.1, -0.05) is 11.8 Å². The number of benzene rings is 1. The van der Waals surface area contributed by atoms with Gasteiger partial charge in [0.05, 0.1) is 30.8 Å². The zero-order valence-corrected chi connectivity index (χ0v) is 11.9. The Hall–Kier alpha value is -1.90. The maximum absolute atomic E-state index is 13.6. The summed E-state index contributed by atoms with van der Waals surface area (Å²) in [6.07, 6.45) is 1.07. The number of amides is 1. The molecule has 1 amide bonds. The third-order valence-corrected chi connectivity index (χ3v) is 3.26. The molecule has 5 heteroatoms. The largest absolute Gasteiger partial charge is 0.395 e. The lowest BCUT2D eigenvalue weighted by Crippen LogP contribution is -2.23. The quantitative estimate of drug-likeness (QED) is 0.837. The Morgan fingerprint density at radius 1 is 1.57 bits per heavy atom. The molecule has 2 unspecified atom stereocenters. The first-order valence-corrected chi connectivity index (χ1v) is 6.92. The molecule has 1 heterocycles. The highest BCUT2D eigenvalue weighted by Gasteiger charge is 2.28. The number of aliphatic hydroxyl groups is 1. The van der Waals surface area contributed by atoms with E-state index >= 15 is 0 Å². The molecule has 0 aromatic heterocycles. The zero-order valence-electron chi connectivity index (χ0n) is 11.9. The summed E-state index contributed by atoms with van der Waals surface area (Å²) in [5.41, 5.74) is 0.714. The molecular formula is C16H18FNO3. The number of aliphatic hydroxyl groups excluding tert-OH is 1. The van der Waals surface area contributed by atoms with E-state index in [9.17, 15) is 9.18 Å². The molecule has 21 heavy (non-hydrogen) atoms. The molecule has 0 radical (unpaired) electrons. The van der Waals surface area contributed by atoms with Crippen molar-refractivity contribution in [2.24, 2.45) is 5.92 Å². The van der Waals surface area contributed by atoms with Crippen molar-refractivity contribution in [1.29, 1.82) is 0 Å². The summed E-state index contributed by atoms with van der Waals surface area (Å²) in [6, 6.07) is 4.27. The molecule has 0 spiro atoms. The number of hydrogen-bond donors (Lipinski definition) is 2. The van der Waals surface area contributed by atoms with Crippen LogP contribution in [-0.2, 0) is 9.53 Å². The monoisotopic (exact) mass is 291 g/mol. The molecule has 0 saturated carbocycles. The summed E-state index contributed by atoms with van der Waals surface area (Å²) in [5, 5.41) is 11.4.